The molecular weight excluding hydrogens is 336 g/mol. The zero-order valence-corrected chi connectivity index (χ0v) is 17.2. The first kappa shape index (κ1) is 19.9. The molecule has 0 spiro atoms. The predicted octanol–water partition coefficient (Wildman–Crippen LogP) is 3.92. The van der Waals surface area contributed by atoms with Gasteiger partial charge in [0.05, 0.1) is 17.6 Å². The molecule has 5 heteroatoms. The van der Waals surface area contributed by atoms with Gasteiger partial charge >= 0.3 is 0 Å². The molecule has 0 aliphatic carbocycles. The average Bonchev–Trinajstić information content (AvgIpc) is 3.04. The quantitative estimate of drug-likeness (QED) is 0.707. The van der Waals surface area contributed by atoms with Crippen LogP contribution in [0.2, 0.25) is 0 Å². The van der Waals surface area contributed by atoms with Crippen molar-refractivity contribution in [1.82, 2.24) is 19.4 Å². The van der Waals surface area contributed by atoms with E-state index in [2.05, 4.69) is 59.4 Å². The normalized spacial score (nSPS) is 16.1. The molecule has 1 aliphatic rings. The van der Waals surface area contributed by atoms with E-state index in [0.717, 1.165) is 76.3 Å². The number of aryl methyl sites for hydroxylation is 1. The van der Waals surface area contributed by atoms with Crippen molar-refractivity contribution in [3.63, 3.8) is 0 Å². The van der Waals surface area contributed by atoms with Gasteiger partial charge in [0, 0.05) is 25.6 Å². The van der Waals surface area contributed by atoms with Crippen molar-refractivity contribution in [2.24, 2.45) is 5.92 Å². The number of piperidine rings is 1. The molecule has 1 aliphatic heterocycles. The minimum absolute atomic E-state index is 0.198. The maximum Gasteiger partial charge on any atom is 0.225 e. The molecule has 0 atom stereocenters. The minimum Gasteiger partial charge on any atom is -0.342 e. The van der Waals surface area contributed by atoms with Crippen LogP contribution in [-0.2, 0) is 17.9 Å². The third kappa shape index (κ3) is 4.52. The Morgan fingerprint density at radius 3 is 2.41 bits per heavy atom. The molecular formula is C22H34N4O. The van der Waals surface area contributed by atoms with Crippen molar-refractivity contribution >= 4 is 16.9 Å². The summed E-state index contributed by atoms with van der Waals surface area (Å²) in [4.78, 5) is 22.2. The van der Waals surface area contributed by atoms with E-state index < -0.39 is 0 Å². The highest BCUT2D eigenvalue weighted by Crippen LogP contribution is 2.23. The summed E-state index contributed by atoms with van der Waals surface area (Å²) in [6.45, 7) is 12.0. The lowest BCUT2D eigenvalue weighted by Crippen LogP contribution is -2.43. The molecule has 3 rings (SSSR count). The van der Waals surface area contributed by atoms with E-state index in [1.807, 2.05) is 0 Å². The zero-order chi connectivity index (χ0) is 19.2. The molecule has 2 aromatic rings. The fraction of sp³-hybridized carbons (Fsp3) is 0.636. The van der Waals surface area contributed by atoms with Gasteiger partial charge in [0.15, 0.2) is 0 Å². The van der Waals surface area contributed by atoms with Crippen molar-refractivity contribution in [3.8, 4) is 0 Å². The number of para-hydroxylation sites is 2. The van der Waals surface area contributed by atoms with Gasteiger partial charge in [-0.15, -0.1) is 0 Å². The van der Waals surface area contributed by atoms with Crippen molar-refractivity contribution in [2.75, 3.05) is 26.2 Å². The largest absolute Gasteiger partial charge is 0.342 e. The number of likely N-dealkylation sites (tertiary alicyclic amines) is 1. The lowest BCUT2D eigenvalue weighted by atomic mass is 9.95. The van der Waals surface area contributed by atoms with Crippen LogP contribution in [0.15, 0.2) is 24.3 Å². The number of hydrogen-bond donors (Lipinski definition) is 0. The molecule has 0 unspecified atom stereocenters. The van der Waals surface area contributed by atoms with Crippen LogP contribution in [0.3, 0.4) is 0 Å². The van der Waals surface area contributed by atoms with Gasteiger partial charge in [-0.05, 0) is 57.8 Å². The van der Waals surface area contributed by atoms with Gasteiger partial charge in [-0.25, -0.2) is 4.98 Å². The number of benzene rings is 1. The number of nitrogens with zero attached hydrogens (tertiary/aromatic N) is 4. The molecule has 2 heterocycles. The molecule has 148 valence electrons. The number of amides is 1. The Labute approximate surface area is 163 Å². The standard InChI is InChI=1S/C22H34N4O/c1-4-13-25(14-5-2)22(27)18-11-15-24(16-12-18)17-21-23-19-9-7-8-10-20(19)26(21)6-3/h7-10,18H,4-6,11-17H2,1-3H3. The molecule has 0 saturated carbocycles. The molecule has 1 amide bonds. The fourth-order valence-corrected chi connectivity index (χ4v) is 4.27. The van der Waals surface area contributed by atoms with Gasteiger partial charge in [0.1, 0.15) is 5.82 Å². The summed E-state index contributed by atoms with van der Waals surface area (Å²) in [7, 11) is 0. The smallest absolute Gasteiger partial charge is 0.225 e. The molecule has 1 aromatic carbocycles. The lowest BCUT2D eigenvalue weighted by molar-refractivity contribution is -0.137. The van der Waals surface area contributed by atoms with Crippen LogP contribution >= 0.6 is 0 Å². The molecule has 1 saturated heterocycles. The Hall–Kier alpha value is -1.88. The van der Waals surface area contributed by atoms with Crippen molar-refractivity contribution in [1.29, 1.82) is 0 Å². The van der Waals surface area contributed by atoms with Gasteiger partial charge in [0.25, 0.3) is 0 Å². The second kappa shape index (κ2) is 9.36. The Morgan fingerprint density at radius 1 is 1.11 bits per heavy atom. The van der Waals surface area contributed by atoms with E-state index in [9.17, 15) is 4.79 Å². The van der Waals surface area contributed by atoms with Crippen LogP contribution in [0.5, 0.6) is 0 Å². The van der Waals surface area contributed by atoms with Crippen LogP contribution < -0.4 is 0 Å². The molecule has 0 bridgehead atoms. The van der Waals surface area contributed by atoms with E-state index >= 15 is 0 Å². The van der Waals surface area contributed by atoms with Crippen LogP contribution in [0.4, 0.5) is 0 Å². The van der Waals surface area contributed by atoms with Crippen LogP contribution in [0, 0.1) is 5.92 Å². The summed E-state index contributed by atoms with van der Waals surface area (Å²) < 4.78 is 2.32. The van der Waals surface area contributed by atoms with E-state index in [0.29, 0.717) is 5.91 Å². The zero-order valence-electron chi connectivity index (χ0n) is 17.2. The third-order valence-electron chi connectivity index (χ3n) is 5.65. The molecule has 1 aromatic heterocycles. The Bertz CT molecular complexity index is 740. The van der Waals surface area contributed by atoms with Gasteiger partial charge < -0.3 is 9.47 Å². The fourth-order valence-electron chi connectivity index (χ4n) is 4.27. The second-order valence-electron chi connectivity index (χ2n) is 7.64. The maximum absolute atomic E-state index is 12.9. The summed E-state index contributed by atoms with van der Waals surface area (Å²) in [5.41, 5.74) is 2.30. The second-order valence-corrected chi connectivity index (χ2v) is 7.64. The van der Waals surface area contributed by atoms with E-state index in [4.69, 9.17) is 4.98 Å². The summed E-state index contributed by atoms with van der Waals surface area (Å²) in [6, 6.07) is 8.37. The first-order valence-electron chi connectivity index (χ1n) is 10.6. The highest BCUT2D eigenvalue weighted by atomic mass is 16.2. The van der Waals surface area contributed by atoms with E-state index in [1.165, 1.54) is 5.52 Å². The molecule has 0 radical (unpaired) electrons. The summed E-state index contributed by atoms with van der Waals surface area (Å²) >= 11 is 0. The Kier molecular flexibility index (Phi) is 6.89. The predicted molar refractivity (Wildman–Crippen MR) is 111 cm³/mol. The monoisotopic (exact) mass is 370 g/mol. The van der Waals surface area contributed by atoms with E-state index in [1.54, 1.807) is 0 Å². The number of carbonyl (C=O) groups is 1. The maximum atomic E-state index is 12.9. The number of imidazole rings is 1. The van der Waals surface area contributed by atoms with Crippen molar-refractivity contribution < 1.29 is 4.79 Å². The third-order valence-corrected chi connectivity index (χ3v) is 5.65. The molecule has 1 fully saturated rings. The molecule has 27 heavy (non-hydrogen) atoms. The van der Waals surface area contributed by atoms with Gasteiger partial charge in [0.2, 0.25) is 5.91 Å². The molecule has 5 nitrogen and oxygen atoms in total. The number of fused-ring (bicyclic) bond motifs is 1. The minimum atomic E-state index is 0.198. The topological polar surface area (TPSA) is 41.4 Å². The van der Waals surface area contributed by atoms with Crippen molar-refractivity contribution in [3.05, 3.63) is 30.1 Å². The molecule has 0 N–H and O–H groups in total. The van der Waals surface area contributed by atoms with Gasteiger partial charge in [-0.1, -0.05) is 26.0 Å². The van der Waals surface area contributed by atoms with E-state index in [-0.39, 0.29) is 5.92 Å². The number of carbonyl (C=O) groups excluding carboxylic acids is 1. The van der Waals surface area contributed by atoms with Gasteiger partial charge in [-0.3, -0.25) is 9.69 Å². The summed E-state index contributed by atoms with van der Waals surface area (Å²) in [6.07, 6.45) is 4.01. The highest BCUT2D eigenvalue weighted by Gasteiger charge is 2.28. The summed E-state index contributed by atoms with van der Waals surface area (Å²) in [5, 5.41) is 0. The highest BCUT2D eigenvalue weighted by molar-refractivity contribution is 5.79. The summed E-state index contributed by atoms with van der Waals surface area (Å²) in [5.74, 6) is 1.71. The number of aromatic nitrogens is 2. The number of rotatable bonds is 8. The van der Waals surface area contributed by atoms with Crippen LogP contribution in [0.1, 0.15) is 52.3 Å². The first-order chi connectivity index (χ1) is 13.2. The Morgan fingerprint density at radius 2 is 1.78 bits per heavy atom. The SMILES string of the molecule is CCCN(CCC)C(=O)C1CCN(Cc2nc3ccccc3n2CC)CC1. The van der Waals surface area contributed by atoms with Gasteiger partial charge in [-0.2, -0.15) is 0 Å². The van der Waals surface area contributed by atoms with Crippen LogP contribution in [0.25, 0.3) is 11.0 Å². The first-order valence-corrected chi connectivity index (χ1v) is 10.6. The average molecular weight is 371 g/mol. The lowest BCUT2D eigenvalue weighted by Gasteiger charge is -2.34. The van der Waals surface area contributed by atoms with Crippen LogP contribution in [-0.4, -0.2) is 51.4 Å². The number of hydrogen-bond acceptors (Lipinski definition) is 3. The Balaban J connectivity index is 1.60. The van der Waals surface area contributed by atoms with Crippen molar-refractivity contribution in [2.45, 2.75) is 59.5 Å².